The van der Waals surface area contributed by atoms with Gasteiger partial charge in [-0.05, 0) is 61.4 Å². The number of carbonyl (C=O) groups excluding carboxylic acids is 2. The summed E-state index contributed by atoms with van der Waals surface area (Å²) in [6.07, 6.45) is 6.80. The minimum absolute atomic E-state index is 0.116. The van der Waals surface area contributed by atoms with Crippen LogP contribution in [0.3, 0.4) is 0 Å². The molecule has 2 heterocycles. The normalized spacial score (nSPS) is 22.2. The van der Waals surface area contributed by atoms with E-state index in [4.69, 9.17) is 9.47 Å². The molecule has 1 spiro atoms. The second-order valence-electron chi connectivity index (χ2n) is 10.7. The molecule has 2 aliphatic rings. The van der Waals surface area contributed by atoms with Crippen LogP contribution in [0.25, 0.3) is 0 Å². The predicted molar refractivity (Wildman–Crippen MR) is 153 cm³/mol. The highest BCUT2D eigenvalue weighted by molar-refractivity contribution is 6.00. The van der Waals surface area contributed by atoms with Gasteiger partial charge in [-0.3, -0.25) is 14.5 Å². The molecule has 2 fully saturated rings. The lowest BCUT2D eigenvalue weighted by atomic mass is 9.90. The minimum atomic E-state index is -0.583. The molecule has 0 aromatic heterocycles. The highest BCUT2D eigenvalue weighted by Crippen LogP contribution is 2.41. The van der Waals surface area contributed by atoms with Gasteiger partial charge in [0.25, 0.3) is 0 Å². The zero-order valence-electron chi connectivity index (χ0n) is 23.3. The highest BCUT2D eigenvalue weighted by atomic mass is 16.6. The quantitative estimate of drug-likeness (QED) is 0.237. The van der Waals surface area contributed by atoms with E-state index in [1.807, 2.05) is 62.4 Å². The standard InChI is InChI=1S/C32H41N3O4/c1-5-12-27(30(36)33-4)28(19-23(2)3)31(37)34-29-17-9-10-18-35(32(29)22-38-32)21-24-13-11-16-26(20-24)39-25-14-7-6-8-15-25/h5-8,11,13-16,19-20,23,27,29H,1,9-10,12,17-18,21-22H2,2-4H3,(H,33,36)(H,34,37)/b28-19-/t27?,29-,32?/m0/s1. The van der Waals surface area contributed by atoms with Crippen molar-refractivity contribution in [2.24, 2.45) is 11.8 Å². The van der Waals surface area contributed by atoms with Crippen LogP contribution in [0.4, 0.5) is 0 Å². The highest BCUT2D eigenvalue weighted by Gasteiger charge is 2.57. The van der Waals surface area contributed by atoms with Gasteiger partial charge in [-0.2, -0.15) is 0 Å². The summed E-state index contributed by atoms with van der Waals surface area (Å²) < 4.78 is 12.2. The Labute approximate surface area is 232 Å². The van der Waals surface area contributed by atoms with Crippen molar-refractivity contribution in [3.63, 3.8) is 0 Å². The van der Waals surface area contributed by atoms with E-state index in [1.165, 1.54) is 0 Å². The predicted octanol–water partition coefficient (Wildman–Crippen LogP) is 5.20. The van der Waals surface area contributed by atoms with Gasteiger partial charge in [-0.25, -0.2) is 0 Å². The van der Waals surface area contributed by atoms with Crippen molar-refractivity contribution in [1.29, 1.82) is 0 Å². The molecule has 2 aliphatic heterocycles. The van der Waals surface area contributed by atoms with Crippen molar-refractivity contribution in [3.05, 3.63) is 84.5 Å². The third kappa shape index (κ3) is 7.16. The molecule has 0 saturated carbocycles. The number of epoxide rings is 1. The number of nitrogens with zero attached hydrogens (tertiary/aromatic N) is 1. The molecule has 2 N–H and O–H groups in total. The van der Waals surface area contributed by atoms with Gasteiger partial charge in [0, 0.05) is 25.7 Å². The molecule has 208 valence electrons. The molecular formula is C32H41N3O4. The maximum atomic E-state index is 13.7. The summed E-state index contributed by atoms with van der Waals surface area (Å²) >= 11 is 0. The Morgan fingerprint density at radius 1 is 1.15 bits per heavy atom. The van der Waals surface area contributed by atoms with Gasteiger partial charge in [0.15, 0.2) is 5.72 Å². The Morgan fingerprint density at radius 3 is 2.56 bits per heavy atom. The van der Waals surface area contributed by atoms with E-state index < -0.39 is 11.6 Å². The van der Waals surface area contributed by atoms with Crippen molar-refractivity contribution in [2.75, 3.05) is 20.2 Å². The van der Waals surface area contributed by atoms with Crippen molar-refractivity contribution in [3.8, 4) is 11.5 Å². The van der Waals surface area contributed by atoms with Crippen molar-refractivity contribution in [2.45, 2.75) is 57.8 Å². The van der Waals surface area contributed by atoms with Crippen LogP contribution < -0.4 is 15.4 Å². The molecule has 0 radical (unpaired) electrons. The van der Waals surface area contributed by atoms with Gasteiger partial charge in [-0.15, -0.1) is 6.58 Å². The Kier molecular flexibility index (Phi) is 9.59. The number of nitrogens with one attached hydrogen (secondary N) is 2. The summed E-state index contributed by atoms with van der Waals surface area (Å²) in [5.41, 5.74) is 1.06. The van der Waals surface area contributed by atoms with E-state index in [0.717, 1.165) is 42.9 Å². The summed E-state index contributed by atoms with van der Waals surface area (Å²) in [5, 5.41) is 5.99. The zero-order chi connectivity index (χ0) is 27.8. The lowest BCUT2D eigenvalue weighted by molar-refractivity contribution is -0.126. The Balaban J connectivity index is 1.51. The number of amides is 2. The summed E-state index contributed by atoms with van der Waals surface area (Å²) in [6.45, 7) is 9.95. The van der Waals surface area contributed by atoms with Gasteiger partial charge in [-0.1, -0.05) is 56.3 Å². The topological polar surface area (TPSA) is 83.2 Å². The summed E-state index contributed by atoms with van der Waals surface area (Å²) in [6, 6.07) is 17.7. The van der Waals surface area contributed by atoms with Crippen molar-refractivity contribution >= 4 is 11.8 Å². The Bertz CT molecular complexity index is 1170. The van der Waals surface area contributed by atoms with E-state index in [0.29, 0.717) is 25.1 Å². The molecule has 7 heteroatoms. The number of para-hydroxylation sites is 1. The average Bonchev–Trinajstić information content (AvgIpc) is 3.75. The van der Waals surface area contributed by atoms with Gasteiger partial charge < -0.3 is 20.1 Å². The van der Waals surface area contributed by atoms with E-state index >= 15 is 0 Å². The zero-order valence-corrected chi connectivity index (χ0v) is 23.3. The smallest absolute Gasteiger partial charge is 0.248 e. The van der Waals surface area contributed by atoms with E-state index in [2.05, 4.69) is 34.2 Å². The summed E-state index contributed by atoms with van der Waals surface area (Å²) in [7, 11) is 1.60. The maximum absolute atomic E-state index is 13.7. The number of allylic oxidation sites excluding steroid dienone is 2. The largest absolute Gasteiger partial charge is 0.457 e. The lowest BCUT2D eigenvalue weighted by Crippen LogP contribution is -2.54. The van der Waals surface area contributed by atoms with E-state index in [-0.39, 0.29) is 23.8 Å². The fourth-order valence-corrected chi connectivity index (χ4v) is 5.36. The van der Waals surface area contributed by atoms with Crippen LogP contribution in [-0.2, 0) is 20.9 Å². The number of likely N-dealkylation sites (tertiary alicyclic amines) is 1. The third-order valence-corrected chi connectivity index (χ3v) is 7.36. The molecule has 39 heavy (non-hydrogen) atoms. The second kappa shape index (κ2) is 13.1. The van der Waals surface area contributed by atoms with E-state index in [1.54, 1.807) is 13.1 Å². The van der Waals surface area contributed by atoms with Crippen LogP contribution in [0.1, 0.15) is 45.1 Å². The number of carbonyl (C=O) groups is 2. The monoisotopic (exact) mass is 531 g/mol. The number of hydrogen-bond acceptors (Lipinski definition) is 5. The lowest BCUT2D eigenvalue weighted by Gasteiger charge is -2.33. The average molecular weight is 532 g/mol. The van der Waals surface area contributed by atoms with Crippen LogP contribution in [0.15, 0.2) is 78.9 Å². The first kappa shape index (κ1) is 28.6. The first-order chi connectivity index (χ1) is 18.9. The van der Waals surface area contributed by atoms with Gasteiger partial charge in [0.2, 0.25) is 11.8 Å². The molecule has 2 amide bonds. The number of rotatable bonds is 11. The van der Waals surface area contributed by atoms with Crippen LogP contribution in [0.5, 0.6) is 11.5 Å². The number of hydrogen-bond donors (Lipinski definition) is 2. The molecule has 2 aromatic carbocycles. The first-order valence-electron chi connectivity index (χ1n) is 13.9. The second-order valence-corrected chi connectivity index (χ2v) is 10.7. The SMILES string of the molecule is C=CCC(C(=O)NC)/C(=C/C(C)C)C(=O)N[C@H]1CCCCN(Cc2cccc(Oc3ccccc3)c2)C12CO2. The fraction of sp³-hybridized carbons (Fsp3) is 0.438. The van der Waals surface area contributed by atoms with Crippen LogP contribution in [0, 0.1) is 11.8 Å². The number of benzene rings is 2. The summed E-state index contributed by atoms with van der Waals surface area (Å²) in [5.74, 6) is 0.722. The van der Waals surface area contributed by atoms with Crippen LogP contribution in [0.2, 0.25) is 0 Å². The third-order valence-electron chi connectivity index (χ3n) is 7.36. The molecule has 0 aliphatic carbocycles. The molecule has 4 rings (SSSR count). The molecule has 3 atom stereocenters. The van der Waals surface area contributed by atoms with Crippen LogP contribution in [-0.4, -0.2) is 48.7 Å². The minimum Gasteiger partial charge on any atom is -0.457 e. The van der Waals surface area contributed by atoms with Gasteiger partial charge >= 0.3 is 0 Å². The Morgan fingerprint density at radius 2 is 1.90 bits per heavy atom. The van der Waals surface area contributed by atoms with Crippen molar-refractivity contribution in [1.82, 2.24) is 15.5 Å². The molecular weight excluding hydrogens is 490 g/mol. The van der Waals surface area contributed by atoms with Crippen LogP contribution >= 0.6 is 0 Å². The first-order valence-corrected chi connectivity index (χ1v) is 13.9. The fourth-order valence-electron chi connectivity index (χ4n) is 5.36. The molecule has 2 aromatic rings. The van der Waals surface area contributed by atoms with Crippen molar-refractivity contribution < 1.29 is 19.1 Å². The molecule has 2 saturated heterocycles. The molecule has 7 nitrogen and oxygen atoms in total. The maximum Gasteiger partial charge on any atom is 0.248 e. The van der Waals surface area contributed by atoms with Gasteiger partial charge in [0.1, 0.15) is 11.5 Å². The van der Waals surface area contributed by atoms with Gasteiger partial charge in [0.05, 0.1) is 18.6 Å². The molecule has 2 unspecified atom stereocenters. The molecule has 0 bridgehead atoms. The Hall–Kier alpha value is -3.42. The summed E-state index contributed by atoms with van der Waals surface area (Å²) in [4.78, 5) is 28.7. The number of ether oxygens (including phenoxy) is 2. The van der Waals surface area contributed by atoms with E-state index in [9.17, 15) is 9.59 Å².